The standard InChI is InChI=1S/C29H33N5O3/c1-4-37-24-14-10-13-23(19-24)34(27(35)20-33-26-16-9-8-15-25(26)31-32-33)28(22-11-6-5-7-12-22)29(36)30-18-17-21(2)3/h5-16,19,21,28H,4,17-18,20H2,1-3H3,(H,30,36). The summed E-state index contributed by atoms with van der Waals surface area (Å²) in [6.07, 6.45) is 0.839. The maximum absolute atomic E-state index is 14.0. The molecule has 0 saturated carbocycles. The zero-order valence-corrected chi connectivity index (χ0v) is 21.5. The fraction of sp³-hybridized carbons (Fsp3) is 0.310. The number of benzene rings is 3. The Hall–Kier alpha value is -4.20. The van der Waals surface area contributed by atoms with Crippen LogP contribution >= 0.6 is 0 Å². The molecular weight excluding hydrogens is 466 g/mol. The number of carbonyl (C=O) groups is 2. The van der Waals surface area contributed by atoms with E-state index in [4.69, 9.17) is 4.74 Å². The maximum Gasteiger partial charge on any atom is 0.249 e. The van der Waals surface area contributed by atoms with Crippen LogP contribution in [-0.2, 0) is 16.1 Å². The van der Waals surface area contributed by atoms with Gasteiger partial charge in [0.05, 0.1) is 12.1 Å². The van der Waals surface area contributed by atoms with Crippen molar-refractivity contribution in [3.05, 3.63) is 84.4 Å². The van der Waals surface area contributed by atoms with E-state index >= 15 is 0 Å². The highest BCUT2D eigenvalue weighted by Crippen LogP contribution is 2.31. The van der Waals surface area contributed by atoms with Gasteiger partial charge in [-0.25, -0.2) is 4.68 Å². The van der Waals surface area contributed by atoms with Crippen LogP contribution in [-0.4, -0.2) is 40.0 Å². The molecule has 0 aliphatic heterocycles. The first-order valence-corrected chi connectivity index (χ1v) is 12.6. The van der Waals surface area contributed by atoms with Crippen molar-refractivity contribution in [3.63, 3.8) is 0 Å². The molecule has 2 amide bonds. The van der Waals surface area contributed by atoms with Crippen LogP contribution in [0.25, 0.3) is 11.0 Å². The zero-order valence-electron chi connectivity index (χ0n) is 21.5. The minimum Gasteiger partial charge on any atom is -0.494 e. The Balaban J connectivity index is 1.76. The molecule has 192 valence electrons. The molecule has 0 spiro atoms. The molecule has 0 aliphatic carbocycles. The van der Waals surface area contributed by atoms with Crippen LogP contribution in [0.15, 0.2) is 78.9 Å². The average Bonchev–Trinajstić information content (AvgIpc) is 3.30. The number of aromatic nitrogens is 3. The quantitative estimate of drug-likeness (QED) is 0.321. The van der Waals surface area contributed by atoms with E-state index in [-0.39, 0.29) is 18.4 Å². The van der Waals surface area contributed by atoms with Crippen LogP contribution in [0, 0.1) is 5.92 Å². The van der Waals surface area contributed by atoms with Gasteiger partial charge < -0.3 is 10.1 Å². The molecule has 4 aromatic rings. The molecule has 0 fully saturated rings. The van der Waals surface area contributed by atoms with Crippen molar-refractivity contribution in [1.29, 1.82) is 0 Å². The molecular formula is C29H33N5O3. The van der Waals surface area contributed by atoms with E-state index in [1.165, 1.54) is 0 Å². The number of fused-ring (bicyclic) bond motifs is 1. The lowest BCUT2D eigenvalue weighted by molar-refractivity contribution is -0.127. The number of ether oxygens (including phenoxy) is 1. The van der Waals surface area contributed by atoms with Crippen molar-refractivity contribution in [3.8, 4) is 5.75 Å². The average molecular weight is 500 g/mol. The second-order valence-electron chi connectivity index (χ2n) is 9.22. The summed E-state index contributed by atoms with van der Waals surface area (Å²) in [6.45, 7) is 7.05. The number of rotatable bonds is 11. The van der Waals surface area contributed by atoms with Crippen LogP contribution in [0.4, 0.5) is 5.69 Å². The van der Waals surface area contributed by atoms with Gasteiger partial charge in [-0.2, -0.15) is 0 Å². The molecule has 4 rings (SSSR count). The third kappa shape index (κ3) is 6.33. The largest absolute Gasteiger partial charge is 0.494 e. The van der Waals surface area contributed by atoms with Crippen molar-refractivity contribution in [2.24, 2.45) is 5.92 Å². The molecule has 1 heterocycles. The van der Waals surface area contributed by atoms with Crippen molar-refractivity contribution >= 4 is 28.5 Å². The summed E-state index contributed by atoms with van der Waals surface area (Å²) in [7, 11) is 0. The van der Waals surface area contributed by atoms with Gasteiger partial charge in [-0.15, -0.1) is 5.10 Å². The first-order chi connectivity index (χ1) is 18.0. The van der Waals surface area contributed by atoms with Gasteiger partial charge in [0.2, 0.25) is 11.8 Å². The number of nitrogens with one attached hydrogen (secondary N) is 1. The number of amides is 2. The first kappa shape index (κ1) is 25.9. The number of carbonyl (C=O) groups excluding carboxylic acids is 2. The highest BCUT2D eigenvalue weighted by atomic mass is 16.5. The predicted octanol–water partition coefficient (Wildman–Crippen LogP) is 4.77. The van der Waals surface area contributed by atoms with E-state index in [0.29, 0.717) is 41.6 Å². The normalized spacial score (nSPS) is 11.9. The monoisotopic (exact) mass is 499 g/mol. The molecule has 0 bridgehead atoms. The van der Waals surface area contributed by atoms with E-state index in [1.807, 2.05) is 79.7 Å². The summed E-state index contributed by atoms with van der Waals surface area (Å²) in [5.41, 5.74) is 2.72. The van der Waals surface area contributed by atoms with Gasteiger partial charge in [0, 0.05) is 18.3 Å². The summed E-state index contributed by atoms with van der Waals surface area (Å²) in [5.74, 6) is 0.523. The Bertz CT molecular complexity index is 1340. The van der Waals surface area contributed by atoms with Gasteiger partial charge in [-0.05, 0) is 49.1 Å². The molecule has 0 saturated heterocycles. The molecule has 37 heavy (non-hydrogen) atoms. The summed E-state index contributed by atoms with van der Waals surface area (Å²) in [5, 5.41) is 11.4. The molecule has 1 N–H and O–H groups in total. The van der Waals surface area contributed by atoms with Crippen molar-refractivity contribution in [2.75, 3.05) is 18.1 Å². The van der Waals surface area contributed by atoms with E-state index in [1.54, 1.807) is 15.6 Å². The van der Waals surface area contributed by atoms with Gasteiger partial charge in [-0.1, -0.05) is 67.6 Å². The Labute approximate surface area is 217 Å². The van der Waals surface area contributed by atoms with Gasteiger partial charge in [0.1, 0.15) is 23.9 Å². The van der Waals surface area contributed by atoms with E-state index < -0.39 is 6.04 Å². The third-order valence-corrected chi connectivity index (χ3v) is 6.02. The van der Waals surface area contributed by atoms with Crippen LogP contribution < -0.4 is 15.0 Å². The number of para-hydroxylation sites is 1. The van der Waals surface area contributed by atoms with Gasteiger partial charge in [0.15, 0.2) is 0 Å². The van der Waals surface area contributed by atoms with Gasteiger partial charge in [-0.3, -0.25) is 14.5 Å². The van der Waals surface area contributed by atoms with Crippen molar-refractivity contribution in [2.45, 2.75) is 39.8 Å². The second kappa shape index (κ2) is 12.2. The van der Waals surface area contributed by atoms with E-state index in [2.05, 4.69) is 29.5 Å². The van der Waals surface area contributed by atoms with Crippen LogP contribution in [0.3, 0.4) is 0 Å². The molecule has 3 aromatic carbocycles. The van der Waals surface area contributed by atoms with Crippen molar-refractivity contribution < 1.29 is 14.3 Å². The summed E-state index contributed by atoms with van der Waals surface area (Å²) < 4.78 is 7.28. The SMILES string of the molecule is CCOc1cccc(N(C(=O)Cn2nnc3ccccc32)C(C(=O)NCCC(C)C)c2ccccc2)c1. The number of hydrogen-bond donors (Lipinski definition) is 1. The number of hydrogen-bond acceptors (Lipinski definition) is 5. The maximum atomic E-state index is 14.0. The predicted molar refractivity (Wildman–Crippen MR) is 144 cm³/mol. The van der Waals surface area contributed by atoms with Crippen LogP contribution in [0.1, 0.15) is 38.8 Å². The zero-order chi connectivity index (χ0) is 26.2. The van der Waals surface area contributed by atoms with E-state index in [0.717, 1.165) is 11.9 Å². The van der Waals surface area contributed by atoms with Gasteiger partial charge >= 0.3 is 0 Å². The fourth-order valence-corrected chi connectivity index (χ4v) is 4.20. The molecule has 8 nitrogen and oxygen atoms in total. The van der Waals surface area contributed by atoms with Crippen LogP contribution in [0.5, 0.6) is 5.75 Å². The Morgan fingerprint density at radius 2 is 1.76 bits per heavy atom. The summed E-state index contributed by atoms with van der Waals surface area (Å²) >= 11 is 0. The Morgan fingerprint density at radius 3 is 2.51 bits per heavy atom. The van der Waals surface area contributed by atoms with Crippen LogP contribution in [0.2, 0.25) is 0 Å². The minimum atomic E-state index is -0.882. The highest BCUT2D eigenvalue weighted by Gasteiger charge is 2.33. The lowest BCUT2D eigenvalue weighted by Crippen LogP contribution is -2.45. The molecule has 1 atom stereocenters. The number of nitrogens with zero attached hydrogens (tertiary/aromatic N) is 4. The Kier molecular flexibility index (Phi) is 8.51. The third-order valence-electron chi connectivity index (χ3n) is 6.02. The molecule has 0 radical (unpaired) electrons. The van der Waals surface area contributed by atoms with E-state index in [9.17, 15) is 9.59 Å². The second-order valence-corrected chi connectivity index (χ2v) is 9.22. The topological polar surface area (TPSA) is 89.3 Å². The summed E-state index contributed by atoms with van der Waals surface area (Å²) in [4.78, 5) is 29.3. The molecule has 0 aliphatic rings. The molecule has 1 unspecified atom stereocenters. The first-order valence-electron chi connectivity index (χ1n) is 12.6. The smallest absolute Gasteiger partial charge is 0.249 e. The minimum absolute atomic E-state index is 0.0814. The summed E-state index contributed by atoms with van der Waals surface area (Å²) in [6, 6.07) is 23.2. The number of anilines is 1. The lowest BCUT2D eigenvalue weighted by Gasteiger charge is -2.32. The van der Waals surface area contributed by atoms with Crippen molar-refractivity contribution in [1.82, 2.24) is 20.3 Å². The fourth-order valence-electron chi connectivity index (χ4n) is 4.20. The highest BCUT2D eigenvalue weighted by molar-refractivity contribution is 6.01. The molecule has 1 aromatic heterocycles. The Morgan fingerprint density at radius 1 is 1.00 bits per heavy atom. The molecule has 8 heteroatoms. The van der Waals surface area contributed by atoms with Gasteiger partial charge in [0.25, 0.3) is 0 Å². The lowest BCUT2D eigenvalue weighted by atomic mass is 10.0.